The van der Waals surface area contributed by atoms with Gasteiger partial charge >= 0.3 is 0 Å². The Hall–Kier alpha value is -3.55. The molecule has 3 rings (SSSR count). The summed E-state index contributed by atoms with van der Waals surface area (Å²) in [5.41, 5.74) is 0.589. The molecule has 0 aliphatic rings. The number of ether oxygens (including phenoxy) is 1. The van der Waals surface area contributed by atoms with E-state index in [0.717, 1.165) is 17.8 Å². The minimum absolute atomic E-state index is 0.00934. The first-order chi connectivity index (χ1) is 12.5. The Labute approximate surface area is 147 Å². The largest absolute Gasteiger partial charge is 0.497 e. The van der Waals surface area contributed by atoms with E-state index in [1.807, 2.05) is 12.1 Å². The number of nitrogens with zero attached hydrogens (tertiary/aromatic N) is 2. The van der Waals surface area contributed by atoms with Crippen LogP contribution in [0.2, 0.25) is 0 Å². The fraction of sp³-hybridized carbons (Fsp3) is 0.0556. The molecule has 0 saturated heterocycles. The number of hydrogen-bond acceptors (Lipinski definition) is 5. The summed E-state index contributed by atoms with van der Waals surface area (Å²) in [6.07, 6.45) is 0. The smallest absolute Gasteiger partial charge is 0.276 e. The van der Waals surface area contributed by atoms with Crippen molar-refractivity contribution in [3.8, 4) is 5.75 Å². The van der Waals surface area contributed by atoms with Gasteiger partial charge in [0.15, 0.2) is 11.5 Å². The Morgan fingerprint density at radius 3 is 2.58 bits per heavy atom. The van der Waals surface area contributed by atoms with Crippen LogP contribution in [0.3, 0.4) is 0 Å². The Kier molecular flexibility index (Phi) is 5.02. The van der Waals surface area contributed by atoms with Crippen molar-refractivity contribution < 1.29 is 18.3 Å². The molecule has 0 bridgehead atoms. The van der Waals surface area contributed by atoms with Gasteiger partial charge in [-0.05, 0) is 36.4 Å². The van der Waals surface area contributed by atoms with Gasteiger partial charge in [0.05, 0.1) is 12.8 Å². The fourth-order valence-corrected chi connectivity index (χ4v) is 2.15. The summed E-state index contributed by atoms with van der Waals surface area (Å²) in [4.78, 5) is 12.1. The standard InChI is InChI=1S/C18H14F2N4O2/c1-26-13-4-2-3-12(10-13)21-17-8-7-16(23-24-17)18(25)22-15-6-5-11(19)9-14(15)20/h2-10H,1H3,(H,21,24)(H,22,25). The molecule has 132 valence electrons. The number of amides is 1. The van der Waals surface area contributed by atoms with Crippen LogP contribution in [0.25, 0.3) is 0 Å². The molecule has 0 saturated carbocycles. The van der Waals surface area contributed by atoms with E-state index in [-0.39, 0.29) is 11.4 Å². The minimum Gasteiger partial charge on any atom is -0.497 e. The Balaban J connectivity index is 1.69. The summed E-state index contributed by atoms with van der Waals surface area (Å²) < 4.78 is 31.6. The van der Waals surface area contributed by atoms with Crippen molar-refractivity contribution in [2.45, 2.75) is 0 Å². The molecule has 0 radical (unpaired) electrons. The van der Waals surface area contributed by atoms with E-state index in [1.54, 1.807) is 25.3 Å². The first kappa shape index (κ1) is 17.3. The third-order valence-corrected chi connectivity index (χ3v) is 3.42. The first-order valence-corrected chi connectivity index (χ1v) is 7.56. The van der Waals surface area contributed by atoms with E-state index in [1.165, 1.54) is 6.07 Å². The van der Waals surface area contributed by atoms with Crippen molar-refractivity contribution in [2.24, 2.45) is 0 Å². The van der Waals surface area contributed by atoms with Crippen LogP contribution >= 0.6 is 0 Å². The Bertz CT molecular complexity index is 933. The highest BCUT2D eigenvalue weighted by Gasteiger charge is 2.12. The zero-order valence-electron chi connectivity index (χ0n) is 13.7. The second kappa shape index (κ2) is 7.56. The second-order valence-electron chi connectivity index (χ2n) is 5.24. The topological polar surface area (TPSA) is 76.1 Å². The van der Waals surface area contributed by atoms with E-state index in [2.05, 4.69) is 20.8 Å². The molecule has 2 aromatic carbocycles. The number of aromatic nitrogens is 2. The van der Waals surface area contributed by atoms with Gasteiger partial charge in [-0.2, -0.15) is 0 Å². The van der Waals surface area contributed by atoms with Crippen LogP contribution < -0.4 is 15.4 Å². The molecule has 1 heterocycles. The van der Waals surface area contributed by atoms with Gasteiger partial charge in [-0.15, -0.1) is 10.2 Å². The lowest BCUT2D eigenvalue weighted by molar-refractivity contribution is 0.102. The molecule has 6 nitrogen and oxygen atoms in total. The van der Waals surface area contributed by atoms with E-state index in [9.17, 15) is 13.6 Å². The van der Waals surface area contributed by atoms with E-state index >= 15 is 0 Å². The molecule has 0 fully saturated rings. The highest BCUT2D eigenvalue weighted by Crippen LogP contribution is 2.20. The van der Waals surface area contributed by atoms with Gasteiger partial charge in [0.25, 0.3) is 5.91 Å². The van der Waals surface area contributed by atoms with Crippen LogP contribution in [-0.2, 0) is 0 Å². The van der Waals surface area contributed by atoms with Crippen LogP contribution in [-0.4, -0.2) is 23.2 Å². The van der Waals surface area contributed by atoms with Crippen molar-refractivity contribution >= 4 is 23.1 Å². The molecular weight excluding hydrogens is 342 g/mol. The molecule has 3 aromatic rings. The van der Waals surface area contributed by atoms with E-state index < -0.39 is 17.5 Å². The molecule has 0 aliphatic heterocycles. The van der Waals surface area contributed by atoms with Crippen LogP contribution in [0.1, 0.15) is 10.5 Å². The number of methoxy groups -OCH3 is 1. The average Bonchev–Trinajstić information content (AvgIpc) is 2.64. The van der Waals surface area contributed by atoms with Gasteiger partial charge in [-0.3, -0.25) is 4.79 Å². The molecule has 26 heavy (non-hydrogen) atoms. The van der Waals surface area contributed by atoms with Crippen molar-refractivity contribution in [1.29, 1.82) is 0 Å². The normalized spacial score (nSPS) is 10.3. The molecule has 0 spiro atoms. The number of carbonyl (C=O) groups is 1. The maximum Gasteiger partial charge on any atom is 0.276 e. The Morgan fingerprint density at radius 2 is 1.88 bits per heavy atom. The quantitative estimate of drug-likeness (QED) is 0.728. The van der Waals surface area contributed by atoms with Crippen molar-refractivity contribution in [2.75, 3.05) is 17.7 Å². The van der Waals surface area contributed by atoms with Gasteiger partial charge in [0.1, 0.15) is 17.4 Å². The van der Waals surface area contributed by atoms with Gasteiger partial charge < -0.3 is 15.4 Å². The number of carbonyl (C=O) groups excluding carboxylic acids is 1. The lowest BCUT2D eigenvalue weighted by atomic mass is 10.2. The maximum absolute atomic E-state index is 13.6. The molecule has 0 atom stereocenters. The summed E-state index contributed by atoms with van der Waals surface area (Å²) in [6.45, 7) is 0. The number of rotatable bonds is 5. The maximum atomic E-state index is 13.6. The van der Waals surface area contributed by atoms with Crippen LogP contribution in [0.4, 0.5) is 26.0 Å². The molecule has 8 heteroatoms. The molecule has 0 aliphatic carbocycles. The molecule has 0 unspecified atom stereocenters. The highest BCUT2D eigenvalue weighted by atomic mass is 19.1. The second-order valence-corrected chi connectivity index (χ2v) is 5.24. The summed E-state index contributed by atoms with van der Waals surface area (Å²) in [7, 11) is 1.57. The number of anilines is 3. The van der Waals surface area contributed by atoms with Crippen LogP contribution in [0.15, 0.2) is 54.6 Å². The lowest BCUT2D eigenvalue weighted by Gasteiger charge is -2.08. The summed E-state index contributed by atoms with van der Waals surface area (Å²) in [5, 5.41) is 13.1. The summed E-state index contributed by atoms with van der Waals surface area (Å²) in [6, 6.07) is 13.1. The summed E-state index contributed by atoms with van der Waals surface area (Å²) in [5.74, 6) is -1.16. The van der Waals surface area contributed by atoms with Gasteiger partial charge in [0.2, 0.25) is 0 Å². The predicted molar refractivity (Wildman–Crippen MR) is 92.6 cm³/mol. The van der Waals surface area contributed by atoms with Gasteiger partial charge in [-0.1, -0.05) is 6.07 Å². The Morgan fingerprint density at radius 1 is 1.04 bits per heavy atom. The van der Waals surface area contributed by atoms with Crippen molar-refractivity contribution in [3.63, 3.8) is 0 Å². The predicted octanol–water partition coefficient (Wildman–Crippen LogP) is 3.76. The lowest BCUT2D eigenvalue weighted by Crippen LogP contribution is -2.15. The third kappa shape index (κ3) is 4.10. The molecule has 1 aromatic heterocycles. The number of benzene rings is 2. The van der Waals surface area contributed by atoms with Gasteiger partial charge in [0, 0.05) is 17.8 Å². The number of halogens is 2. The van der Waals surface area contributed by atoms with E-state index in [0.29, 0.717) is 17.6 Å². The first-order valence-electron chi connectivity index (χ1n) is 7.56. The fourth-order valence-electron chi connectivity index (χ4n) is 2.15. The monoisotopic (exact) mass is 356 g/mol. The third-order valence-electron chi connectivity index (χ3n) is 3.42. The molecule has 2 N–H and O–H groups in total. The highest BCUT2D eigenvalue weighted by molar-refractivity contribution is 6.02. The summed E-state index contributed by atoms with van der Waals surface area (Å²) >= 11 is 0. The number of hydrogen-bond donors (Lipinski definition) is 2. The van der Waals surface area contributed by atoms with Crippen LogP contribution in [0, 0.1) is 11.6 Å². The minimum atomic E-state index is -0.873. The zero-order chi connectivity index (χ0) is 18.5. The average molecular weight is 356 g/mol. The SMILES string of the molecule is COc1cccc(Nc2ccc(C(=O)Nc3ccc(F)cc3F)nn2)c1. The number of nitrogens with one attached hydrogen (secondary N) is 2. The van der Waals surface area contributed by atoms with Crippen molar-refractivity contribution in [3.05, 3.63) is 71.9 Å². The van der Waals surface area contributed by atoms with Crippen molar-refractivity contribution in [1.82, 2.24) is 10.2 Å². The molecular formula is C18H14F2N4O2. The molecule has 1 amide bonds. The van der Waals surface area contributed by atoms with Gasteiger partial charge in [-0.25, -0.2) is 8.78 Å². The van der Waals surface area contributed by atoms with Crippen LogP contribution in [0.5, 0.6) is 5.75 Å². The van der Waals surface area contributed by atoms with E-state index in [4.69, 9.17) is 4.74 Å². The zero-order valence-corrected chi connectivity index (χ0v) is 13.7.